The highest BCUT2D eigenvalue weighted by Crippen LogP contribution is 2.22. The van der Waals surface area contributed by atoms with E-state index in [1.807, 2.05) is 43.3 Å². The van der Waals surface area contributed by atoms with Crippen molar-refractivity contribution in [3.8, 4) is 5.75 Å². The zero-order chi connectivity index (χ0) is 16.1. The molecule has 0 atom stereocenters. The quantitative estimate of drug-likeness (QED) is 0.832. The SMILES string of the molecule is CCOc1ccc(N=C2NN=C(c3cccc(Br)c3)CS2)cc1. The number of rotatable bonds is 4. The third-order valence-electron chi connectivity index (χ3n) is 3.17. The molecule has 3 rings (SSSR count). The first-order chi connectivity index (χ1) is 11.2. The van der Waals surface area contributed by atoms with Crippen molar-refractivity contribution >= 4 is 44.3 Å². The highest BCUT2D eigenvalue weighted by molar-refractivity contribution is 9.10. The van der Waals surface area contributed by atoms with Crippen LogP contribution in [0.5, 0.6) is 5.75 Å². The van der Waals surface area contributed by atoms with E-state index in [-0.39, 0.29) is 0 Å². The maximum atomic E-state index is 5.43. The molecule has 0 radical (unpaired) electrons. The lowest BCUT2D eigenvalue weighted by atomic mass is 10.1. The zero-order valence-corrected chi connectivity index (χ0v) is 15.0. The van der Waals surface area contributed by atoms with Crippen LogP contribution in [-0.4, -0.2) is 23.2 Å². The standard InChI is InChI=1S/C17H16BrN3OS/c1-2-22-15-8-6-14(7-9-15)19-17-21-20-16(11-23-17)12-4-3-5-13(18)10-12/h3-10H,2,11H2,1H3,(H,19,21). The molecule has 0 spiro atoms. The third kappa shape index (κ3) is 4.36. The highest BCUT2D eigenvalue weighted by atomic mass is 79.9. The van der Waals surface area contributed by atoms with Crippen LogP contribution >= 0.6 is 27.7 Å². The van der Waals surface area contributed by atoms with E-state index in [4.69, 9.17) is 4.74 Å². The van der Waals surface area contributed by atoms with Crippen LogP contribution in [0.2, 0.25) is 0 Å². The van der Waals surface area contributed by atoms with Crippen molar-refractivity contribution in [2.75, 3.05) is 12.4 Å². The van der Waals surface area contributed by atoms with Crippen LogP contribution < -0.4 is 10.2 Å². The van der Waals surface area contributed by atoms with Crippen LogP contribution in [0.15, 0.2) is 63.1 Å². The average Bonchev–Trinajstić information content (AvgIpc) is 2.58. The van der Waals surface area contributed by atoms with Gasteiger partial charge in [0.25, 0.3) is 0 Å². The number of halogens is 1. The number of hydrogen-bond acceptors (Lipinski definition) is 4. The molecular formula is C17H16BrN3OS. The minimum absolute atomic E-state index is 0.665. The Labute approximate surface area is 148 Å². The molecule has 1 heterocycles. The molecule has 2 aromatic rings. The number of thioether (sulfide) groups is 1. The number of aliphatic imine (C=N–C) groups is 1. The predicted molar refractivity (Wildman–Crippen MR) is 101 cm³/mol. The Balaban J connectivity index is 1.70. The van der Waals surface area contributed by atoms with Gasteiger partial charge in [0, 0.05) is 10.2 Å². The predicted octanol–water partition coefficient (Wildman–Crippen LogP) is 4.58. The van der Waals surface area contributed by atoms with Crippen LogP contribution in [0.4, 0.5) is 5.69 Å². The lowest BCUT2D eigenvalue weighted by molar-refractivity contribution is 0.340. The molecule has 6 heteroatoms. The molecule has 118 valence electrons. The number of hydrazone groups is 1. The van der Waals surface area contributed by atoms with Gasteiger partial charge in [-0.3, -0.25) is 5.43 Å². The molecule has 2 aromatic carbocycles. The molecule has 1 N–H and O–H groups in total. The van der Waals surface area contributed by atoms with Gasteiger partial charge in [0.2, 0.25) is 0 Å². The van der Waals surface area contributed by atoms with Crippen LogP contribution in [0.3, 0.4) is 0 Å². The monoisotopic (exact) mass is 389 g/mol. The summed E-state index contributed by atoms with van der Waals surface area (Å²) in [5.41, 5.74) is 6.04. The van der Waals surface area contributed by atoms with Crippen LogP contribution in [0.25, 0.3) is 0 Å². The van der Waals surface area contributed by atoms with E-state index in [0.717, 1.165) is 38.1 Å². The summed E-state index contributed by atoms with van der Waals surface area (Å²) >= 11 is 5.13. The number of benzene rings is 2. The van der Waals surface area contributed by atoms with Crippen molar-refractivity contribution in [1.29, 1.82) is 0 Å². The number of nitrogens with zero attached hydrogens (tertiary/aromatic N) is 2. The fourth-order valence-corrected chi connectivity index (χ4v) is 3.27. The average molecular weight is 390 g/mol. The molecule has 0 aromatic heterocycles. The second kappa shape index (κ2) is 7.66. The molecule has 0 saturated heterocycles. The summed E-state index contributed by atoms with van der Waals surface area (Å²) in [4.78, 5) is 4.56. The van der Waals surface area contributed by atoms with Gasteiger partial charge in [-0.25, -0.2) is 4.99 Å². The Bertz CT molecular complexity index is 744. The van der Waals surface area contributed by atoms with E-state index in [1.54, 1.807) is 11.8 Å². The maximum absolute atomic E-state index is 5.43. The molecule has 0 unspecified atom stereocenters. The molecule has 1 aliphatic rings. The van der Waals surface area contributed by atoms with Gasteiger partial charge < -0.3 is 4.74 Å². The number of ether oxygens (including phenoxy) is 1. The summed E-state index contributed by atoms with van der Waals surface area (Å²) in [6.07, 6.45) is 0. The molecule has 23 heavy (non-hydrogen) atoms. The molecule has 0 amide bonds. The van der Waals surface area contributed by atoms with Gasteiger partial charge in [-0.1, -0.05) is 39.8 Å². The summed E-state index contributed by atoms with van der Waals surface area (Å²) in [5, 5.41) is 5.23. The van der Waals surface area contributed by atoms with Crippen molar-refractivity contribution in [3.63, 3.8) is 0 Å². The van der Waals surface area contributed by atoms with E-state index >= 15 is 0 Å². The first-order valence-electron chi connectivity index (χ1n) is 7.27. The van der Waals surface area contributed by atoms with E-state index < -0.39 is 0 Å². The number of nitrogens with one attached hydrogen (secondary N) is 1. The van der Waals surface area contributed by atoms with Gasteiger partial charge in [0.05, 0.1) is 18.0 Å². The lowest BCUT2D eigenvalue weighted by Crippen LogP contribution is -2.25. The molecule has 4 nitrogen and oxygen atoms in total. The van der Waals surface area contributed by atoms with E-state index in [1.165, 1.54) is 0 Å². The molecule has 1 aliphatic heterocycles. The van der Waals surface area contributed by atoms with Gasteiger partial charge >= 0.3 is 0 Å². The fourth-order valence-electron chi connectivity index (χ4n) is 2.09. The topological polar surface area (TPSA) is 46.0 Å². The largest absolute Gasteiger partial charge is 0.494 e. The van der Waals surface area contributed by atoms with Gasteiger partial charge in [0.15, 0.2) is 5.17 Å². The Kier molecular flexibility index (Phi) is 5.35. The summed E-state index contributed by atoms with van der Waals surface area (Å²) in [6.45, 7) is 2.63. The van der Waals surface area contributed by atoms with Gasteiger partial charge in [-0.15, -0.1) is 0 Å². The van der Waals surface area contributed by atoms with Gasteiger partial charge in [0.1, 0.15) is 5.75 Å². The van der Waals surface area contributed by atoms with Crippen LogP contribution in [0, 0.1) is 0 Å². The van der Waals surface area contributed by atoms with Crippen molar-refractivity contribution in [1.82, 2.24) is 5.43 Å². The summed E-state index contributed by atoms with van der Waals surface area (Å²) < 4.78 is 6.48. The lowest BCUT2D eigenvalue weighted by Gasteiger charge is -2.15. The maximum Gasteiger partial charge on any atom is 0.182 e. The molecule has 0 fully saturated rings. The third-order valence-corrected chi connectivity index (χ3v) is 4.54. The highest BCUT2D eigenvalue weighted by Gasteiger charge is 2.13. The van der Waals surface area contributed by atoms with Gasteiger partial charge in [-0.2, -0.15) is 5.10 Å². The van der Waals surface area contributed by atoms with Gasteiger partial charge in [-0.05, 0) is 48.9 Å². The number of amidine groups is 1. The number of hydrogen-bond donors (Lipinski definition) is 1. The molecule has 0 saturated carbocycles. The second-order valence-corrected chi connectivity index (χ2v) is 6.69. The minimum Gasteiger partial charge on any atom is -0.494 e. The Hall–Kier alpha value is -1.79. The van der Waals surface area contributed by atoms with Crippen molar-refractivity contribution < 1.29 is 4.74 Å². The Morgan fingerprint density at radius 1 is 1.26 bits per heavy atom. The first-order valence-corrected chi connectivity index (χ1v) is 9.05. The molecule has 0 bridgehead atoms. The summed E-state index contributed by atoms with van der Waals surface area (Å²) in [5.74, 6) is 1.65. The smallest absolute Gasteiger partial charge is 0.182 e. The van der Waals surface area contributed by atoms with Crippen LogP contribution in [-0.2, 0) is 0 Å². The zero-order valence-electron chi connectivity index (χ0n) is 12.6. The van der Waals surface area contributed by atoms with E-state index in [9.17, 15) is 0 Å². The normalized spacial score (nSPS) is 15.9. The summed E-state index contributed by atoms with van der Waals surface area (Å²) in [6, 6.07) is 15.9. The van der Waals surface area contributed by atoms with Crippen molar-refractivity contribution in [3.05, 3.63) is 58.6 Å². The fraction of sp³-hybridized carbons (Fsp3) is 0.176. The summed E-state index contributed by atoms with van der Waals surface area (Å²) in [7, 11) is 0. The minimum atomic E-state index is 0.665. The van der Waals surface area contributed by atoms with E-state index in [2.05, 4.69) is 43.6 Å². The molecule has 0 aliphatic carbocycles. The Morgan fingerprint density at radius 2 is 2.09 bits per heavy atom. The second-order valence-electron chi connectivity index (χ2n) is 4.81. The first kappa shape index (κ1) is 16.1. The van der Waals surface area contributed by atoms with Crippen LogP contribution in [0.1, 0.15) is 12.5 Å². The van der Waals surface area contributed by atoms with E-state index in [0.29, 0.717) is 6.61 Å². The van der Waals surface area contributed by atoms with Crippen molar-refractivity contribution in [2.45, 2.75) is 6.92 Å². The van der Waals surface area contributed by atoms with Crippen molar-refractivity contribution in [2.24, 2.45) is 10.1 Å². The Morgan fingerprint density at radius 3 is 2.74 bits per heavy atom. The molecular weight excluding hydrogens is 374 g/mol.